The molecule has 4 nitrogen and oxygen atoms in total. The molecule has 2 aromatic rings. The number of aromatic nitrogens is 1. The molecule has 0 saturated heterocycles. The number of nitrogens with two attached hydrogens (primary N) is 1. The minimum Gasteiger partial charge on any atom is -0.496 e. The molecule has 0 atom stereocenters. The number of benzene rings is 1. The molecule has 0 unspecified atom stereocenters. The summed E-state index contributed by atoms with van der Waals surface area (Å²) in [5, 5.41) is 0. The number of hydrogen-bond donors (Lipinski definition) is 1. The molecule has 1 aromatic heterocycles. The second-order valence-corrected chi connectivity index (χ2v) is 7.64. The number of nitrogens with zero attached hydrogens (tertiary/aromatic N) is 1. The normalized spacial score (nSPS) is 11.2. The third-order valence-electron chi connectivity index (χ3n) is 5.20. The van der Waals surface area contributed by atoms with Crippen LogP contribution in [-0.4, -0.2) is 17.6 Å². The molecule has 4 heteroatoms. The van der Waals surface area contributed by atoms with Crippen LogP contribution in [0.5, 0.6) is 5.75 Å². The highest BCUT2D eigenvalue weighted by molar-refractivity contribution is 6.03. The zero-order valence-corrected chi connectivity index (χ0v) is 17.5. The van der Waals surface area contributed by atoms with Crippen LogP contribution in [0.15, 0.2) is 24.3 Å². The van der Waals surface area contributed by atoms with Gasteiger partial charge in [-0.05, 0) is 38.2 Å². The van der Waals surface area contributed by atoms with Crippen molar-refractivity contribution in [2.45, 2.75) is 66.3 Å². The number of para-hydroxylation sites is 1. The third-order valence-corrected chi connectivity index (χ3v) is 5.20. The van der Waals surface area contributed by atoms with Crippen molar-refractivity contribution in [2.24, 2.45) is 11.7 Å². The molecule has 0 bridgehead atoms. The van der Waals surface area contributed by atoms with Crippen LogP contribution in [0.2, 0.25) is 0 Å². The van der Waals surface area contributed by atoms with Crippen LogP contribution in [0.4, 0.5) is 0 Å². The van der Waals surface area contributed by atoms with E-state index in [1.54, 1.807) is 7.11 Å². The van der Waals surface area contributed by atoms with Crippen molar-refractivity contribution in [3.05, 3.63) is 41.2 Å². The zero-order chi connectivity index (χ0) is 20.0. The van der Waals surface area contributed by atoms with E-state index in [1.807, 2.05) is 31.2 Å². The van der Waals surface area contributed by atoms with Crippen LogP contribution in [0.25, 0.3) is 11.1 Å². The van der Waals surface area contributed by atoms with Gasteiger partial charge in [0.25, 0.3) is 5.91 Å². The Morgan fingerprint density at radius 3 is 2.52 bits per heavy atom. The van der Waals surface area contributed by atoms with E-state index in [9.17, 15) is 4.79 Å². The number of rotatable bonds is 10. The van der Waals surface area contributed by atoms with Gasteiger partial charge in [-0.3, -0.25) is 4.79 Å². The SMILES string of the molecule is CCCCCc1c(-c2ccccc2OC)c(C(N)=O)c(C)n1CCC(C)C. The van der Waals surface area contributed by atoms with Crippen molar-refractivity contribution < 1.29 is 9.53 Å². The Hall–Kier alpha value is -2.23. The van der Waals surface area contributed by atoms with E-state index in [-0.39, 0.29) is 5.91 Å². The number of primary amides is 1. The van der Waals surface area contributed by atoms with E-state index in [4.69, 9.17) is 10.5 Å². The summed E-state index contributed by atoms with van der Waals surface area (Å²) < 4.78 is 7.92. The molecule has 148 valence electrons. The fourth-order valence-corrected chi connectivity index (χ4v) is 3.73. The zero-order valence-electron chi connectivity index (χ0n) is 17.5. The number of methoxy groups -OCH3 is 1. The summed E-state index contributed by atoms with van der Waals surface area (Å²) in [4.78, 5) is 12.4. The lowest BCUT2D eigenvalue weighted by atomic mass is 9.96. The molecule has 2 N–H and O–H groups in total. The number of carbonyl (C=O) groups excluding carboxylic acids is 1. The molecule has 0 radical (unpaired) electrons. The van der Waals surface area contributed by atoms with Crippen molar-refractivity contribution >= 4 is 5.91 Å². The molecule has 0 spiro atoms. The fraction of sp³-hybridized carbons (Fsp3) is 0.522. The lowest BCUT2D eigenvalue weighted by molar-refractivity contribution is 0.1000. The predicted octanol–water partition coefficient (Wildman–Crippen LogP) is 5.35. The molecule has 27 heavy (non-hydrogen) atoms. The Morgan fingerprint density at radius 1 is 1.22 bits per heavy atom. The predicted molar refractivity (Wildman–Crippen MR) is 112 cm³/mol. The number of unbranched alkanes of at least 4 members (excludes halogenated alkanes) is 2. The topological polar surface area (TPSA) is 57.2 Å². The minimum atomic E-state index is -0.367. The summed E-state index contributed by atoms with van der Waals surface area (Å²) >= 11 is 0. The molecule has 0 saturated carbocycles. The Labute approximate surface area is 163 Å². The molecule has 2 rings (SSSR count). The summed E-state index contributed by atoms with van der Waals surface area (Å²) in [6, 6.07) is 7.90. The number of amides is 1. The van der Waals surface area contributed by atoms with Gasteiger partial charge in [0.05, 0.1) is 12.7 Å². The van der Waals surface area contributed by atoms with Crippen molar-refractivity contribution in [3.8, 4) is 16.9 Å². The first-order chi connectivity index (χ1) is 12.9. The van der Waals surface area contributed by atoms with Crippen molar-refractivity contribution in [1.82, 2.24) is 4.57 Å². The highest BCUT2D eigenvalue weighted by Crippen LogP contribution is 2.39. The Balaban J connectivity index is 2.69. The van der Waals surface area contributed by atoms with E-state index in [1.165, 1.54) is 18.5 Å². The van der Waals surface area contributed by atoms with Gasteiger partial charge in [-0.15, -0.1) is 0 Å². The van der Waals surface area contributed by atoms with Crippen LogP contribution in [0, 0.1) is 12.8 Å². The molecule has 1 aromatic carbocycles. The molecule has 0 fully saturated rings. The van der Waals surface area contributed by atoms with Crippen LogP contribution in [0.3, 0.4) is 0 Å². The van der Waals surface area contributed by atoms with Crippen molar-refractivity contribution in [2.75, 3.05) is 7.11 Å². The number of hydrogen-bond acceptors (Lipinski definition) is 2. The molecule has 1 heterocycles. The van der Waals surface area contributed by atoms with Gasteiger partial charge < -0.3 is 15.0 Å². The van der Waals surface area contributed by atoms with E-state index >= 15 is 0 Å². The van der Waals surface area contributed by atoms with Crippen LogP contribution < -0.4 is 10.5 Å². The summed E-state index contributed by atoms with van der Waals surface area (Å²) in [6.45, 7) is 9.58. The number of ether oxygens (including phenoxy) is 1. The second-order valence-electron chi connectivity index (χ2n) is 7.64. The van der Waals surface area contributed by atoms with E-state index in [2.05, 4.69) is 25.3 Å². The summed E-state index contributed by atoms with van der Waals surface area (Å²) in [5.41, 5.74) is 10.6. The van der Waals surface area contributed by atoms with Gasteiger partial charge in [0, 0.05) is 29.1 Å². The second kappa shape index (κ2) is 9.63. The van der Waals surface area contributed by atoms with Crippen LogP contribution in [0.1, 0.15) is 68.2 Å². The summed E-state index contributed by atoms with van der Waals surface area (Å²) in [5.74, 6) is 1.01. The smallest absolute Gasteiger partial charge is 0.251 e. The third kappa shape index (κ3) is 4.74. The molecule has 0 aliphatic carbocycles. The fourth-order valence-electron chi connectivity index (χ4n) is 3.73. The van der Waals surface area contributed by atoms with Crippen molar-refractivity contribution in [3.63, 3.8) is 0 Å². The average Bonchev–Trinajstić information content (AvgIpc) is 2.91. The molecular formula is C23H34N2O2. The number of carbonyl (C=O) groups is 1. The summed E-state index contributed by atoms with van der Waals surface area (Å²) in [7, 11) is 1.67. The van der Waals surface area contributed by atoms with Gasteiger partial charge in [0.1, 0.15) is 5.75 Å². The first kappa shape index (κ1) is 21.1. The highest BCUT2D eigenvalue weighted by Gasteiger charge is 2.26. The van der Waals surface area contributed by atoms with Gasteiger partial charge in [0.2, 0.25) is 0 Å². The van der Waals surface area contributed by atoms with Crippen LogP contribution in [-0.2, 0) is 13.0 Å². The molecular weight excluding hydrogens is 336 g/mol. The van der Waals surface area contributed by atoms with Gasteiger partial charge >= 0.3 is 0 Å². The first-order valence-corrected chi connectivity index (χ1v) is 10.1. The lowest BCUT2D eigenvalue weighted by Gasteiger charge is -2.15. The molecule has 0 aliphatic rings. The molecule has 1 amide bonds. The largest absolute Gasteiger partial charge is 0.496 e. The maximum atomic E-state index is 12.4. The van der Waals surface area contributed by atoms with Gasteiger partial charge in [-0.2, -0.15) is 0 Å². The quantitative estimate of drug-likeness (QED) is 0.573. The maximum absolute atomic E-state index is 12.4. The minimum absolute atomic E-state index is 0.367. The Kier molecular flexibility index (Phi) is 7.52. The van der Waals surface area contributed by atoms with Crippen molar-refractivity contribution in [1.29, 1.82) is 0 Å². The van der Waals surface area contributed by atoms with E-state index in [0.29, 0.717) is 11.5 Å². The van der Waals surface area contributed by atoms with Gasteiger partial charge in [0.15, 0.2) is 0 Å². The average molecular weight is 371 g/mol. The van der Waals surface area contributed by atoms with E-state index in [0.717, 1.165) is 48.4 Å². The van der Waals surface area contributed by atoms with E-state index < -0.39 is 0 Å². The first-order valence-electron chi connectivity index (χ1n) is 10.1. The Bertz CT molecular complexity index is 775. The lowest BCUT2D eigenvalue weighted by Crippen LogP contribution is -2.14. The maximum Gasteiger partial charge on any atom is 0.251 e. The monoisotopic (exact) mass is 370 g/mol. The summed E-state index contributed by atoms with van der Waals surface area (Å²) in [6.07, 6.45) is 5.44. The Morgan fingerprint density at radius 2 is 1.93 bits per heavy atom. The highest BCUT2D eigenvalue weighted by atomic mass is 16.5. The van der Waals surface area contributed by atoms with Gasteiger partial charge in [-0.25, -0.2) is 0 Å². The van der Waals surface area contributed by atoms with Gasteiger partial charge in [-0.1, -0.05) is 51.8 Å². The molecule has 0 aliphatic heterocycles. The van der Waals surface area contributed by atoms with Crippen LogP contribution >= 0.6 is 0 Å². The standard InChI is InChI=1S/C23H34N2O2/c1-6-7-8-12-19-22(18-11-9-10-13-20(18)27-5)21(23(24)26)17(4)25(19)15-14-16(2)3/h9-11,13,16H,6-8,12,14-15H2,1-5H3,(H2,24,26).